The van der Waals surface area contributed by atoms with Gasteiger partial charge >= 0.3 is 0 Å². The van der Waals surface area contributed by atoms with Crippen molar-refractivity contribution in [3.8, 4) is 0 Å². The van der Waals surface area contributed by atoms with Crippen LogP contribution in [-0.2, 0) is 9.59 Å². The Morgan fingerprint density at radius 2 is 2.25 bits per heavy atom. The van der Waals surface area contributed by atoms with E-state index in [-0.39, 0.29) is 17.5 Å². The monoisotopic (exact) mass is 217 g/mol. The Hall–Kier alpha value is -1.51. The normalized spacial score (nSPS) is 25.4. The van der Waals surface area contributed by atoms with Gasteiger partial charge in [0.1, 0.15) is 11.6 Å². The number of nitrogens with zero attached hydrogens (tertiary/aromatic N) is 1. The average Bonchev–Trinajstić information content (AvgIpc) is 2.30. The summed E-state index contributed by atoms with van der Waals surface area (Å²) >= 11 is 0. The lowest BCUT2D eigenvalue weighted by Crippen LogP contribution is -2.29. The first-order valence-electron chi connectivity index (χ1n) is 5.62. The third-order valence-corrected chi connectivity index (χ3v) is 3.24. The molecule has 1 aromatic heterocycles. The molecule has 1 aliphatic rings. The van der Waals surface area contributed by atoms with Gasteiger partial charge in [0.05, 0.1) is 5.92 Å². The molecule has 0 N–H and O–H groups in total. The Labute approximate surface area is 94.9 Å². The van der Waals surface area contributed by atoms with E-state index in [0.29, 0.717) is 12.8 Å². The number of carbonyl (C=O) groups excluding carboxylic acids is 2. The Balaban J connectivity index is 2.15. The van der Waals surface area contributed by atoms with Crippen LogP contribution in [0.4, 0.5) is 0 Å². The molecule has 3 heteroatoms. The SMILES string of the molecule is CC(=O)C1CC(c2ccccn2)CCC1=O. The van der Waals surface area contributed by atoms with Crippen LogP contribution in [0, 0.1) is 5.92 Å². The second-order valence-electron chi connectivity index (χ2n) is 4.36. The average molecular weight is 217 g/mol. The molecule has 84 valence electrons. The zero-order valence-corrected chi connectivity index (χ0v) is 9.35. The fourth-order valence-corrected chi connectivity index (χ4v) is 2.30. The van der Waals surface area contributed by atoms with Crippen LogP contribution in [0.25, 0.3) is 0 Å². The van der Waals surface area contributed by atoms with Crippen molar-refractivity contribution in [3.63, 3.8) is 0 Å². The molecule has 2 rings (SSSR count). The van der Waals surface area contributed by atoms with Crippen LogP contribution in [0.3, 0.4) is 0 Å². The molecular weight excluding hydrogens is 202 g/mol. The third-order valence-electron chi connectivity index (χ3n) is 3.24. The Kier molecular flexibility index (Phi) is 3.13. The topological polar surface area (TPSA) is 47.0 Å². The second kappa shape index (κ2) is 4.56. The van der Waals surface area contributed by atoms with Crippen molar-refractivity contribution < 1.29 is 9.59 Å². The van der Waals surface area contributed by atoms with Crippen LogP contribution >= 0.6 is 0 Å². The molecule has 0 radical (unpaired) electrons. The summed E-state index contributed by atoms with van der Waals surface area (Å²) in [5, 5.41) is 0. The summed E-state index contributed by atoms with van der Waals surface area (Å²) in [6.45, 7) is 1.50. The van der Waals surface area contributed by atoms with Crippen molar-refractivity contribution in [3.05, 3.63) is 30.1 Å². The fraction of sp³-hybridized carbons (Fsp3) is 0.462. The van der Waals surface area contributed by atoms with Gasteiger partial charge in [0.2, 0.25) is 0 Å². The van der Waals surface area contributed by atoms with Gasteiger partial charge in [-0.1, -0.05) is 6.07 Å². The van der Waals surface area contributed by atoms with Crippen LogP contribution in [-0.4, -0.2) is 16.6 Å². The van der Waals surface area contributed by atoms with E-state index in [1.54, 1.807) is 6.20 Å². The van der Waals surface area contributed by atoms with Gasteiger partial charge in [-0.3, -0.25) is 14.6 Å². The van der Waals surface area contributed by atoms with Crippen molar-refractivity contribution >= 4 is 11.6 Å². The fourth-order valence-electron chi connectivity index (χ4n) is 2.30. The van der Waals surface area contributed by atoms with E-state index in [1.807, 2.05) is 18.2 Å². The van der Waals surface area contributed by atoms with Gasteiger partial charge in [-0.2, -0.15) is 0 Å². The smallest absolute Gasteiger partial charge is 0.143 e. The molecule has 3 nitrogen and oxygen atoms in total. The van der Waals surface area contributed by atoms with Crippen LogP contribution in [0.5, 0.6) is 0 Å². The van der Waals surface area contributed by atoms with Gasteiger partial charge in [-0.15, -0.1) is 0 Å². The molecule has 0 bridgehead atoms. The quantitative estimate of drug-likeness (QED) is 0.713. The number of carbonyl (C=O) groups is 2. The van der Waals surface area contributed by atoms with E-state index in [0.717, 1.165) is 12.1 Å². The lowest BCUT2D eigenvalue weighted by atomic mass is 9.77. The number of Topliss-reactive ketones (excluding diaryl/α,β-unsaturated/α-hetero) is 2. The van der Waals surface area contributed by atoms with Gasteiger partial charge in [-0.25, -0.2) is 0 Å². The first-order chi connectivity index (χ1) is 7.68. The van der Waals surface area contributed by atoms with Crippen LogP contribution in [0.2, 0.25) is 0 Å². The summed E-state index contributed by atoms with van der Waals surface area (Å²) in [4.78, 5) is 27.2. The number of hydrogen-bond acceptors (Lipinski definition) is 3. The molecule has 1 saturated carbocycles. The largest absolute Gasteiger partial charge is 0.299 e. The van der Waals surface area contributed by atoms with Gasteiger partial charge in [0, 0.05) is 24.2 Å². The molecule has 2 atom stereocenters. The molecule has 0 aromatic carbocycles. The molecule has 1 heterocycles. The molecular formula is C13H15NO2. The molecule has 1 aliphatic carbocycles. The number of pyridine rings is 1. The summed E-state index contributed by atoms with van der Waals surface area (Å²) < 4.78 is 0. The molecule has 0 amide bonds. The highest BCUT2D eigenvalue weighted by Crippen LogP contribution is 2.33. The van der Waals surface area contributed by atoms with Crippen LogP contribution < -0.4 is 0 Å². The van der Waals surface area contributed by atoms with Crippen LogP contribution in [0.15, 0.2) is 24.4 Å². The maximum Gasteiger partial charge on any atom is 0.143 e. The minimum Gasteiger partial charge on any atom is -0.299 e. The number of ketones is 2. The summed E-state index contributed by atoms with van der Waals surface area (Å²) in [5.74, 6) is -0.0566. The van der Waals surface area contributed by atoms with Gasteiger partial charge < -0.3 is 0 Å². The van der Waals surface area contributed by atoms with Crippen molar-refractivity contribution in [2.24, 2.45) is 5.92 Å². The molecule has 16 heavy (non-hydrogen) atoms. The summed E-state index contributed by atoms with van der Waals surface area (Å²) in [6.07, 6.45) is 3.71. The van der Waals surface area contributed by atoms with E-state index in [9.17, 15) is 9.59 Å². The Morgan fingerprint density at radius 3 is 2.88 bits per heavy atom. The lowest BCUT2D eigenvalue weighted by molar-refractivity contribution is -0.133. The Morgan fingerprint density at radius 1 is 1.44 bits per heavy atom. The van der Waals surface area contributed by atoms with Crippen molar-refractivity contribution in [1.29, 1.82) is 0 Å². The predicted octanol–water partition coefficient (Wildman–Crippen LogP) is 2.12. The third kappa shape index (κ3) is 2.18. The Bertz CT molecular complexity index is 400. The van der Waals surface area contributed by atoms with E-state index < -0.39 is 5.92 Å². The highest BCUT2D eigenvalue weighted by molar-refractivity contribution is 6.01. The molecule has 0 spiro atoms. The van der Waals surface area contributed by atoms with Crippen molar-refractivity contribution in [1.82, 2.24) is 4.98 Å². The minimum absolute atomic E-state index is 0.00867. The molecule has 0 saturated heterocycles. The maximum atomic E-state index is 11.6. The zero-order chi connectivity index (χ0) is 11.5. The van der Waals surface area contributed by atoms with Crippen molar-refractivity contribution in [2.45, 2.75) is 32.1 Å². The van der Waals surface area contributed by atoms with Crippen LogP contribution in [0.1, 0.15) is 37.8 Å². The van der Waals surface area contributed by atoms with Gasteiger partial charge in [-0.05, 0) is 31.9 Å². The minimum atomic E-state index is -0.402. The standard InChI is InChI=1S/C13H15NO2/c1-9(15)11-8-10(5-6-13(11)16)12-4-2-3-7-14-12/h2-4,7,10-11H,5-6,8H2,1H3. The molecule has 1 fully saturated rings. The van der Waals surface area contributed by atoms with Gasteiger partial charge in [0.25, 0.3) is 0 Å². The first kappa shape index (κ1) is 11.0. The zero-order valence-electron chi connectivity index (χ0n) is 9.35. The number of hydrogen-bond donors (Lipinski definition) is 0. The highest BCUT2D eigenvalue weighted by atomic mass is 16.1. The van der Waals surface area contributed by atoms with E-state index in [1.165, 1.54) is 6.92 Å². The van der Waals surface area contributed by atoms with Gasteiger partial charge in [0.15, 0.2) is 0 Å². The second-order valence-corrected chi connectivity index (χ2v) is 4.36. The molecule has 2 unspecified atom stereocenters. The van der Waals surface area contributed by atoms with E-state index >= 15 is 0 Å². The summed E-state index contributed by atoms with van der Waals surface area (Å²) in [6, 6.07) is 5.79. The lowest BCUT2D eigenvalue weighted by Gasteiger charge is -2.26. The van der Waals surface area contributed by atoms with E-state index in [2.05, 4.69) is 4.98 Å². The van der Waals surface area contributed by atoms with E-state index in [4.69, 9.17) is 0 Å². The highest BCUT2D eigenvalue weighted by Gasteiger charge is 2.32. The summed E-state index contributed by atoms with van der Waals surface area (Å²) in [7, 11) is 0. The predicted molar refractivity (Wildman–Crippen MR) is 60.0 cm³/mol. The maximum absolute atomic E-state index is 11.6. The molecule has 1 aromatic rings. The molecule has 0 aliphatic heterocycles. The summed E-state index contributed by atoms with van der Waals surface area (Å²) in [5.41, 5.74) is 1.00. The van der Waals surface area contributed by atoms with Crippen molar-refractivity contribution in [2.75, 3.05) is 0 Å². The first-order valence-corrected chi connectivity index (χ1v) is 5.62. The number of rotatable bonds is 2. The number of aromatic nitrogens is 1.